The Kier molecular flexibility index (Phi) is 6.03. The van der Waals surface area contributed by atoms with Crippen LogP contribution < -0.4 is 4.74 Å². The van der Waals surface area contributed by atoms with Crippen molar-refractivity contribution in [1.82, 2.24) is 0 Å². The number of rotatable bonds is 4. The van der Waals surface area contributed by atoms with Crippen LogP contribution in [0.25, 0.3) is 0 Å². The Balaban J connectivity index is 0.00000180. The maximum atomic E-state index is 10.8. The second kappa shape index (κ2) is 7.07. The summed E-state index contributed by atoms with van der Waals surface area (Å²) in [5.74, 6) is 0.547. The summed E-state index contributed by atoms with van der Waals surface area (Å²) in [6.07, 6.45) is 0. The molecule has 0 saturated heterocycles. The van der Waals surface area contributed by atoms with Gasteiger partial charge in [-0.2, -0.15) is 8.42 Å². The van der Waals surface area contributed by atoms with Gasteiger partial charge in [0.25, 0.3) is 10.1 Å². The third-order valence-corrected chi connectivity index (χ3v) is 3.24. The zero-order valence-corrected chi connectivity index (χ0v) is 10.3. The van der Waals surface area contributed by atoms with E-state index < -0.39 is 10.1 Å². The normalized spacial score (nSPS) is 10.6. The average Bonchev–Trinajstić information content (AvgIpc) is 2.37. The van der Waals surface area contributed by atoms with Gasteiger partial charge in [0.1, 0.15) is 12.4 Å². The first-order valence-corrected chi connectivity index (χ1v) is 6.74. The minimum atomic E-state index is -4.14. The molecule has 0 fully saturated rings. The van der Waals surface area contributed by atoms with Crippen molar-refractivity contribution in [1.29, 1.82) is 0 Å². The van der Waals surface area contributed by atoms with E-state index in [9.17, 15) is 8.42 Å². The van der Waals surface area contributed by atoms with Gasteiger partial charge in [0, 0.05) is 0 Å². The van der Waals surface area contributed by atoms with E-state index >= 15 is 0 Å². The summed E-state index contributed by atoms with van der Waals surface area (Å²) in [5, 5.41) is 0. The van der Waals surface area contributed by atoms with Crippen molar-refractivity contribution in [3.8, 4) is 5.75 Å². The van der Waals surface area contributed by atoms with Crippen molar-refractivity contribution in [2.75, 3.05) is 0 Å². The third-order valence-electron chi connectivity index (χ3n) is 2.37. The summed E-state index contributed by atoms with van der Waals surface area (Å²) >= 11 is 0. The van der Waals surface area contributed by atoms with Gasteiger partial charge in [0.15, 0.2) is 0 Å². The molecule has 0 aliphatic rings. The Morgan fingerprint density at radius 2 is 1.53 bits per heavy atom. The van der Waals surface area contributed by atoms with Gasteiger partial charge in [0.05, 0.1) is 4.90 Å². The molecule has 2 aromatic rings. The summed E-state index contributed by atoms with van der Waals surface area (Å²) < 4.78 is 36.0. The van der Waals surface area contributed by atoms with Crippen LogP contribution in [0.5, 0.6) is 5.75 Å². The molecule has 0 aliphatic heterocycles. The number of ether oxygens (including phenoxy) is 1. The molecule has 0 heterocycles. The van der Waals surface area contributed by atoms with E-state index in [0.29, 0.717) is 12.4 Å². The van der Waals surface area contributed by atoms with Crippen molar-refractivity contribution in [2.24, 2.45) is 0 Å². The zero-order valence-electron chi connectivity index (χ0n) is 9.48. The molecule has 0 aromatic heterocycles. The van der Waals surface area contributed by atoms with Crippen LogP contribution in [0.2, 0.25) is 0 Å². The molecule has 6 heteroatoms. The fraction of sp³-hybridized carbons (Fsp3) is 0.0769. The predicted octanol–water partition coefficient (Wildman–Crippen LogP) is 1.86. The molecular formula is C13H13NaO4S. The molecule has 0 aliphatic carbocycles. The minimum absolute atomic E-state index is 0. The summed E-state index contributed by atoms with van der Waals surface area (Å²) in [4.78, 5) is -0.144. The van der Waals surface area contributed by atoms with Crippen LogP contribution >= 0.6 is 0 Å². The van der Waals surface area contributed by atoms with Gasteiger partial charge in [-0.15, -0.1) is 0 Å². The van der Waals surface area contributed by atoms with Crippen LogP contribution in [-0.4, -0.2) is 42.5 Å². The first-order chi connectivity index (χ1) is 8.55. The molecule has 96 valence electrons. The summed E-state index contributed by atoms with van der Waals surface area (Å²) in [6.45, 7) is 0.409. The molecule has 0 radical (unpaired) electrons. The summed E-state index contributed by atoms with van der Waals surface area (Å²) in [7, 11) is -4.14. The van der Waals surface area contributed by atoms with Gasteiger partial charge >= 0.3 is 29.6 Å². The molecule has 1 N–H and O–H groups in total. The maximum absolute atomic E-state index is 10.8. The molecule has 4 nitrogen and oxygen atoms in total. The Labute approximate surface area is 134 Å². The Morgan fingerprint density at radius 3 is 2.05 bits per heavy atom. The van der Waals surface area contributed by atoms with E-state index in [-0.39, 0.29) is 34.5 Å². The van der Waals surface area contributed by atoms with Crippen LogP contribution in [0.1, 0.15) is 5.56 Å². The van der Waals surface area contributed by atoms with Crippen LogP contribution in [0, 0.1) is 0 Å². The molecule has 0 atom stereocenters. The second-order valence-corrected chi connectivity index (χ2v) is 5.14. The van der Waals surface area contributed by atoms with E-state index in [1.165, 1.54) is 24.3 Å². The zero-order chi connectivity index (χ0) is 13.0. The van der Waals surface area contributed by atoms with E-state index in [4.69, 9.17) is 9.29 Å². The first kappa shape index (κ1) is 16.2. The SMILES string of the molecule is O=S(=O)(O)c1ccc(OCc2ccccc2)cc1.[NaH]. The van der Waals surface area contributed by atoms with E-state index in [1.807, 2.05) is 30.3 Å². The molecule has 0 bridgehead atoms. The third kappa shape index (κ3) is 4.97. The van der Waals surface area contributed by atoms with Gasteiger partial charge in [-0.3, -0.25) is 4.55 Å². The Hall–Kier alpha value is -0.850. The molecule has 0 saturated carbocycles. The number of benzene rings is 2. The Morgan fingerprint density at radius 1 is 0.947 bits per heavy atom. The first-order valence-electron chi connectivity index (χ1n) is 5.30. The van der Waals surface area contributed by atoms with Crippen molar-refractivity contribution in [3.63, 3.8) is 0 Å². The van der Waals surface area contributed by atoms with Crippen molar-refractivity contribution in [2.45, 2.75) is 11.5 Å². The molecule has 0 spiro atoms. The van der Waals surface area contributed by atoms with E-state index in [1.54, 1.807) is 0 Å². The van der Waals surface area contributed by atoms with Crippen molar-refractivity contribution in [3.05, 3.63) is 60.2 Å². The summed E-state index contributed by atoms with van der Waals surface area (Å²) in [6, 6.07) is 15.2. The standard InChI is InChI=1S/C13H12O4S.Na.H/c14-18(15,16)13-8-6-12(7-9-13)17-10-11-4-2-1-3-5-11;;/h1-9H,10H2,(H,14,15,16);;. The number of hydrogen-bond acceptors (Lipinski definition) is 3. The molecule has 2 rings (SSSR count). The van der Waals surface area contributed by atoms with Gasteiger partial charge < -0.3 is 4.74 Å². The van der Waals surface area contributed by atoms with E-state index in [2.05, 4.69) is 0 Å². The number of hydrogen-bond donors (Lipinski definition) is 1. The molecule has 2 aromatic carbocycles. The van der Waals surface area contributed by atoms with Crippen LogP contribution in [0.15, 0.2) is 59.5 Å². The summed E-state index contributed by atoms with van der Waals surface area (Å²) in [5.41, 5.74) is 1.02. The fourth-order valence-electron chi connectivity index (χ4n) is 1.45. The van der Waals surface area contributed by atoms with Crippen molar-refractivity contribution >= 4 is 39.7 Å². The topological polar surface area (TPSA) is 63.6 Å². The quantitative estimate of drug-likeness (QED) is 0.689. The van der Waals surface area contributed by atoms with Gasteiger partial charge in [-0.25, -0.2) is 0 Å². The monoisotopic (exact) mass is 288 g/mol. The van der Waals surface area contributed by atoms with Crippen molar-refractivity contribution < 1.29 is 17.7 Å². The van der Waals surface area contributed by atoms with Gasteiger partial charge in [0.2, 0.25) is 0 Å². The van der Waals surface area contributed by atoms with Crippen LogP contribution in [0.4, 0.5) is 0 Å². The molecule has 0 amide bonds. The average molecular weight is 288 g/mol. The van der Waals surface area contributed by atoms with E-state index in [0.717, 1.165) is 5.56 Å². The predicted molar refractivity (Wildman–Crippen MR) is 74.2 cm³/mol. The van der Waals surface area contributed by atoms with Gasteiger partial charge in [-0.1, -0.05) is 30.3 Å². The molecule has 0 unspecified atom stereocenters. The second-order valence-electron chi connectivity index (χ2n) is 3.72. The van der Waals surface area contributed by atoms with Crippen LogP contribution in [0.3, 0.4) is 0 Å². The Bertz CT molecular complexity index is 609. The molecular weight excluding hydrogens is 275 g/mol. The molecule has 19 heavy (non-hydrogen) atoms. The van der Waals surface area contributed by atoms with Gasteiger partial charge in [-0.05, 0) is 29.8 Å². The van der Waals surface area contributed by atoms with Crippen LogP contribution in [-0.2, 0) is 16.7 Å². The fourth-order valence-corrected chi connectivity index (χ4v) is 1.93.